The van der Waals surface area contributed by atoms with Gasteiger partial charge in [-0.25, -0.2) is 9.59 Å². The summed E-state index contributed by atoms with van der Waals surface area (Å²) >= 11 is 0. The number of ether oxygens (including phenoxy) is 3. The molecule has 0 N–H and O–H groups in total. The number of benzene rings is 3. The summed E-state index contributed by atoms with van der Waals surface area (Å²) in [5, 5.41) is 0. The van der Waals surface area contributed by atoms with Crippen molar-refractivity contribution in [2.45, 2.75) is 41.0 Å². The molecule has 0 radical (unpaired) electrons. The minimum Gasteiger partial charge on any atom is -0.459 e. The number of esters is 2. The highest BCUT2D eigenvalue weighted by atomic mass is 16.6. The summed E-state index contributed by atoms with van der Waals surface area (Å²) in [6.45, 7) is 19.1. The van der Waals surface area contributed by atoms with Gasteiger partial charge in [0.05, 0.1) is 0 Å². The monoisotopic (exact) mass is 550 g/mol. The fourth-order valence-corrected chi connectivity index (χ4v) is 3.60. The zero-order valence-electron chi connectivity index (χ0n) is 24.1. The fraction of sp³-hybridized carbons (Fsp3) is 0.171. The maximum Gasteiger partial charge on any atom is 0.338 e. The van der Waals surface area contributed by atoms with Crippen LogP contribution in [-0.2, 0) is 25.5 Å². The zero-order valence-corrected chi connectivity index (χ0v) is 24.1. The van der Waals surface area contributed by atoms with E-state index in [2.05, 4.69) is 19.7 Å². The Morgan fingerprint density at radius 1 is 0.585 bits per heavy atom. The summed E-state index contributed by atoms with van der Waals surface area (Å²) in [5.41, 5.74) is 5.35. The summed E-state index contributed by atoms with van der Waals surface area (Å²) < 4.78 is 16.6. The Morgan fingerprint density at radius 3 is 1.59 bits per heavy atom. The van der Waals surface area contributed by atoms with Crippen LogP contribution >= 0.6 is 0 Å². The van der Waals surface area contributed by atoms with Crippen LogP contribution in [0.1, 0.15) is 40.2 Å². The molecule has 0 atom stereocenters. The van der Waals surface area contributed by atoms with Crippen LogP contribution in [0.4, 0.5) is 0 Å². The van der Waals surface area contributed by atoms with Gasteiger partial charge in [0.2, 0.25) is 0 Å². The van der Waals surface area contributed by atoms with Crippen molar-refractivity contribution in [3.05, 3.63) is 120 Å². The number of Topliss-reactive ketones (excluding diaryl/α,β-unsaturated/α-hetero) is 1. The van der Waals surface area contributed by atoms with E-state index in [-0.39, 0.29) is 17.8 Å². The lowest BCUT2D eigenvalue weighted by Crippen LogP contribution is -2.12. The molecule has 0 aliphatic heterocycles. The molecule has 210 valence electrons. The van der Waals surface area contributed by atoms with Crippen LogP contribution < -0.4 is 9.47 Å². The van der Waals surface area contributed by atoms with Crippen molar-refractivity contribution in [2.75, 3.05) is 0 Å². The van der Waals surface area contributed by atoms with Crippen molar-refractivity contribution in [1.29, 1.82) is 0 Å². The van der Waals surface area contributed by atoms with Gasteiger partial charge in [0, 0.05) is 23.1 Å². The van der Waals surface area contributed by atoms with E-state index in [0.717, 1.165) is 22.3 Å². The molecule has 0 fully saturated rings. The number of ketones is 1. The first-order valence-corrected chi connectivity index (χ1v) is 13.0. The first kappa shape index (κ1) is 30.6. The predicted octanol–water partition coefficient (Wildman–Crippen LogP) is 7.94. The lowest BCUT2D eigenvalue weighted by atomic mass is 9.97. The quantitative estimate of drug-likeness (QED) is 0.104. The van der Waals surface area contributed by atoms with Crippen molar-refractivity contribution in [2.24, 2.45) is 0 Å². The first-order valence-electron chi connectivity index (χ1n) is 13.0. The molecule has 0 heterocycles. The molecule has 3 rings (SSSR count). The maximum absolute atomic E-state index is 12.3. The summed E-state index contributed by atoms with van der Waals surface area (Å²) in [6.07, 6.45) is 0.0849. The van der Waals surface area contributed by atoms with E-state index in [4.69, 9.17) is 14.2 Å². The van der Waals surface area contributed by atoms with E-state index in [9.17, 15) is 14.4 Å². The van der Waals surface area contributed by atoms with Gasteiger partial charge in [0.1, 0.15) is 23.0 Å². The number of rotatable bonds is 11. The van der Waals surface area contributed by atoms with Crippen molar-refractivity contribution in [3.63, 3.8) is 0 Å². The SMILES string of the molecule is C=C(C)C(=O)Cc1ccc(-c2ccc(-c3ccc(O/C(C)=C(\C)OC(=O)C(=C)C)cc3)cc2)cc1OC(=O)C(=C)C. The second kappa shape index (κ2) is 13.4. The van der Waals surface area contributed by atoms with E-state index in [1.807, 2.05) is 54.6 Å². The van der Waals surface area contributed by atoms with E-state index >= 15 is 0 Å². The third-order valence-electron chi connectivity index (χ3n) is 6.21. The molecule has 0 saturated carbocycles. The predicted molar refractivity (Wildman–Crippen MR) is 161 cm³/mol. The summed E-state index contributed by atoms with van der Waals surface area (Å²) in [7, 11) is 0. The summed E-state index contributed by atoms with van der Waals surface area (Å²) in [4.78, 5) is 36.3. The lowest BCUT2D eigenvalue weighted by Gasteiger charge is -2.13. The van der Waals surface area contributed by atoms with Crippen molar-refractivity contribution in [1.82, 2.24) is 0 Å². The molecule has 0 aromatic heterocycles. The highest BCUT2D eigenvalue weighted by molar-refractivity contribution is 5.96. The highest BCUT2D eigenvalue weighted by Crippen LogP contribution is 2.31. The van der Waals surface area contributed by atoms with Crippen molar-refractivity contribution >= 4 is 17.7 Å². The molecule has 41 heavy (non-hydrogen) atoms. The van der Waals surface area contributed by atoms with E-state index < -0.39 is 11.9 Å². The maximum atomic E-state index is 12.3. The molecule has 0 aliphatic rings. The van der Waals surface area contributed by atoms with Crippen LogP contribution in [-0.4, -0.2) is 17.7 Å². The second-order valence-electron chi connectivity index (χ2n) is 9.86. The molecular formula is C35H34O6. The van der Waals surface area contributed by atoms with Gasteiger partial charge < -0.3 is 14.2 Å². The minimum absolute atomic E-state index is 0.0849. The van der Waals surface area contributed by atoms with Crippen molar-refractivity contribution in [3.8, 4) is 33.8 Å². The molecule has 0 saturated heterocycles. The Kier molecular flexibility index (Phi) is 9.99. The lowest BCUT2D eigenvalue weighted by molar-refractivity contribution is -0.135. The molecule has 3 aromatic rings. The Morgan fingerprint density at radius 2 is 1.07 bits per heavy atom. The largest absolute Gasteiger partial charge is 0.459 e. The second-order valence-corrected chi connectivity index (χ2v) is 9.86. The normalized spacial score (nSPS) is 11.1. The molecule has 6 heteroatoms. The van der Waals surface area contributed by atoms with Gasteiger partial charge in [-0.05, 0) is 80.6 Å². The topological polar surface area (TPSA) is 78.9 Å². The van der Waals surface area contributed by atoms with Gasteiger partial charge >= 0.3 is 11.9 Å². The van der Waals surface area contributed by atoms with Crippen LogP contribution in [0.15, 0.2) is 115 Å². The van der Waals surface area contributed by atoms with Crippen molar-refractivity contribution < 1.29 is 28.6 Å². The third kappa shape index (κ3) is 8.26. The Hall–Kier alpha value is -4.97. The van der Waals surface area contributed by atoms with Gasteiger partial charge in [-0.1, -0.05) is 68.3 Å². The molecule has 0 spiro atoms. The van der Waals surface area contributed by atoms with E-state index in [1.54, 1.807) is 46.8 Å². The van der Waals surface area contributed by atoms with Gasteiger partial charge in [-0.15, -0.1) is 0 Å². The third-order valence-corrected chi connectivity index (χ3v) is 6.21. The van der Waals surface area contributed by atoms with Crippen LogP contribution in [0.25, 0.3) is 22.3 Å². The molecule has 0 amide bonds. The van der Waals surface area contributed by atoms with E-state index in [1.165, 1.54) is 0 Å². The molecular weight excluding hydrogens is 516 g/mol. The van der Waals surface area contributed by atoms with Crippen LogP contribution in [0.2, 0.25) is 0 Å². The number of allylic oxidation sites excluding steroid dienone is 3. The van der Waals surface area contributed by atoms with Crippen LogP contribution in [0.5, 0.6) is 11.5 Å². The molecule has 0 aliphatic carbocycles. The molecule has 6 nitrogen and oxygen atoms in total. The van der Waals surface area contributed by atoms with Gasteiger partial charge in [0.15, 0.2) is 5.78 Å². The molecule has 0 bridgehead atoms. The van der Waals surface area contributed by atoms with Gasteiger partial charge in [-0.3, -0.25) is 4.79 Å². The molecule has 3 aromatic carbocycles. The standard InChI is InChI=1S/C35H34O6/c1-21(2)32(36)19-30-14-13-29(20-33(30)41-35(38)23(5)6)28-11-9-26(10-12-28)27-15-17-31(18-16-27)39-24(7)25(8)40-34(37)22(3)4/h9-18,20H,1,3,5,19H2,2,4,6-8H3/b25-24+. The molecule has 0 unspecified atom stereocenters. The number of hydrogen-bond acceptors (Lipinski definition) is 6. The number of carbonyl (C=O) groups is 3. The van der Waals surface area contributed by atoms with Crippen LogP contribution in [0.3, 0.4) is 0 Å². The zero-order chi connectivity index (χ0) is 30.3. The number of hydrogen-bond donors (Lipinski definition) is 0. The van der Waals surface area contributed by atoms with E-state index in [0.29, 0.717) is 39.7 Å². The number of carbonyl (C=O) groups excluding carboxylic acids is 3. The van der Waals surface area contributed by atoms with Gasteiger partial charge in [0.25, 0.3) is 0 Å². The first-order chi connectivity index (χ1) is 19.3. The van der Waals surface area contributed by atoms with Crippen LogP contribution in [0, 0.1) is 0 Å². The average Bonchev–Trinajstić information content (AvgIpc) is 2.94. The van der Waals surface area contributed by atoms with Gasteiger partial charge in [-0.2, -0.15) is 0 Å². The fourth-order valence-electron chi connectivity index (χ4n) is 3.60. The Bertz CT molecular complexity index is 1550. The average molecular weight is 551 g/mol. The minimum atomic E-state index is -0.553. The summed E-state index contributed by atoms with van der Waals surface area (Å²) in [5.74, 6) is 0.587. The smallest absolute Gasteiger partial charge is 0.338 e. The Balaban J connectivity index is 1.80. The summed E-state index contributed by atoms with van der Waals surface area (Å²) in [6, 6.07) is 21.0. The Labute approximate surface area is 241 Å². The highest BCUT2D eigenvalue weighted by Gasteiger charge is 2.15.